The third kappa shape index (κ3) is 7.62. The minimum absolute atomic E-state index is 0.330. The molecule has 0 heterocycles. The second kappa shape index (κ2) is 9.10. The Morgan fingerprint density at radius 2 is 1.90 bits per heavy atom. The van der Waals surface area contributed by atoms with Crippen LogP contribution in [0.2, 0.25) is 5.02 Å². The zero-order valence-electron chi connectivity index (χ0n) is 11.3. The van der Waals surface area contributed by atoms with E-state index in [4.69, 9.17) is 16.3 Å². The van der Waals surface area contributed by atoms with Gasteiger partial charge in [-0.1, -0.05) is 23.7 Å². The molecular weight excluding hydrogens is 300 g/mol. The van der Waals surface area contributed by atoms with Crippen LogP contribution in [-0.2, 0) is 14.8 Å². The van der Waals surface area contributed by atoms with Crippen molar-refractivity contribution in [3.8, 4) is 0 Å². The summed E-state index contributed by atoms with van der Waals surface area (Å²) in [6.45, 7) is 2.18. The van der Waals surface area contributed by atoms with E-state index in [1.165, 1.54) is 6.08 Å². The average molecular weight is 319 g/mol. The van der Waals surface area contributed by atoms with Crippen LogP contribution in [0.4, 0.5) is 0 Å². The number of rotatable bonds is 9. The van der Waals surface area contributed by atoms with E-state index in [9.17, 15) is 8.42 Å². The van der Waals surface area contributed by atoms with E-state index in [2.05, 4.69) is 10.0 Å². The maximum atomic E-state index is 11.7. The minimum Gasteiger partial charge on any atom is -0.383 e. The molecule has 20 heavy (non-hydrogen) atoms. The zero-order chi connectivity index (χ0) is 14.8. The largest absolute Gasteiger partial charge is 0.383 e. The van der Waals surface area contributed by atoms with Gasteiger partial charge >= 0.3 is 0 Å². The molecule has 0 spiro atoms. The highest BCUT2D eigenvalue weighted by Crippen LogP contribution is 2.10. The molecule has 0 radical (unpaired) electrons. The first-order valence-electron chi connectivity index (χ1n) is 6.16. The van der Waals surface area contributed by atoms with Gasteiger partial charge < -0.3 is 10.1 Å². The van der Waals surface area contributed by atoms with Crippen LogP contribution in [0.5, 0.6) is 0 Å². The normalized spacial score (nSPS) is 12.1. The number of nitrogens with one attached hydrogen (secondary N) is 2. The third-order valence-electron chi connectivity index (χ3n) is 2.40. The van der Waals surface area contributed by atoms with Crippen LogP contribution < -0.4 is 10.0 Å². The van der Waals surface area contributed by atoms with E-state index >= 15 is 0 Å². The van der Waals surface area contributed by atoms with Gasteiger partial charge in [-0.15, -0.1) is 0 Å². The van der Waals surface area contributed by atoms with Crippen molar-refractivity contribution in [2.45, 2.75) is 0 Å². The first kappa shape index (κ1) is 17.1. The van der Waals surface area contributed by atoms with Gasteiger partial charge in [0.15, 0.2) is 0 Å². The molecule has 0 saturated heterocycles. The van der Waals surface area contributed by atoms with Crippen LogP contribution in [0, 0.1) is 0 Å². The third-order valence-corrected chi connectivity index (χ3v) is 3.75. The highest BCUT2D eigenvalue weighted by molar-refractivity contribution is 7.92. The predicted octanol–water partition coefficient (Wildman–Crippen LogP) is 1.47. The molecule has 0 unspecified atom stereocenters. The molecule has 0 aromatic heterocycles. The minimum atomic E-state index is -3.42. The lowest BCUT2D eigenvalue weighted by Gasteiger charge is -2.04. The molecule has 7 heteroatoms. The van der Waals surface area contributed by atoms with Gasteiger partial charge in [-0.25, -0.2) is 13.1 Å². The monoisotopic (exact) mass is 318 g/mol. The number of benzene rings is 1. The number of hydrogen-bond donors (Lipinski definition) is 2. The summed E-state index contributed by atoms with van der Waals surface area (Å²) in [6, 6.07) is 6.92. The van der Waals surface area contributed by atoms with Gasteiger partial charge in [0.2, 0.25) is 10.0 Å². The van der Waals surface area contributed by atoms with Crippen LogP contribution in [0.3, 0.4) is 0 Å². The molecule has 1 rings (SSSR count). The number of halogens is 1. The Bertz CT molecular complexity index is 515. The van der Waals surface area contributed by atoms with E-state index in [0.717, 1.165) is 11.0 Å². The van der Waals surface area contributed by atoms with E-state index < -0.39 is 10.0 Å². The second-order valence-corrected chi connectivity index (χ2v) is 6.12. The lowest BCUT2D eigenvalue weighted by atomic mass is 10.2. The highest BCUT2D eigenvalue weighted by Gasteiger charge is 2.03. The van der Waals surface area contributed by atoms with Crippen molar-refractivity contribution in [2.24, 2.45) is 0 Å². The molecule has 1 aromatic carbocycles. The van der Waals surface area contributed by atoms with Crippen molar-refractivity contribution in [2.75, 3.05) is 33.4 Å². The molecule has 1 aromatic rings. The number of ether oxygens (including phenoxy) is 1. The van der Waals surface area contributed by atoms with Crippen LogP contribution in [-0.4, -0.2) is 41.8 Å². The first-order chi connectivity index (χ1) is 9.53. The lowest BCUT2D eigenvalue weighted by Crippen LogP contribution is -2.32. The van der Waals surface area contributed by atoms with Gasteiger partial charge in [0, 0.05) is 37.2 Å². The van der Waals surface area contributed by atoms with Crippen molar-refractivity contribution in [3.05, 3.63) is 40.3 Å². The fourth-order valence-corrected chi connectivity index (χ4v) is 2.32. The summed E-state index contributed by atoms with van der Waals surface area (Å²) in [5.41, 5.74) is 0.776. The summed E-state index contributed by atoms with van der Waals surface area (Å²) in [7, 11) is -1.80. The number of hydrogen-bond acceptors (Lipinski definition) is 4. The van der Waals surface area contributed by atoms with Gasteiger partial charge in [0.05, 0.1) is 6.61 Å². The fraction of sp³-hybridized carbons (Fsp3) is 0.385. The maximum absolute atomic E-state index is 11.7. The average Bonchev–Trinajstić information content (AvgIpc) is 2.42. The van der Waals surface area contributed by atoms with Crippen LogP contribution in [0.1, 0.15) is 5.56 Å². The standard InChI is InChI=1S/C13H19ClN2O3S/c1-19-10-9-15-7-8-16-20(17,18)11-6-12-2-4-13(14)5-3-12/h2-6,11,15-16H,7-10H2,1H3/b11-6+. The molecule has 0 saturated carbocycles. The molecule has 2 N–H and O–H groups in total. The molecule has 0 aliphatic rings. The zero-order valence-corrected chi connectivity index (χ0v) is 12.9. The number of methoxy groups -OCH3 is 1. The molecule has 0 aliphatic carbocycles. The molecule has 0 amide bonds. The molecule has 0 bridgehead atoms. The Morgan fingerprint density at radius 3 is 2.55 bits per heavy atom. The molecule has 0 fully saturated rings. The van der Waals surface area contributed by atoms with Crippen LogP contribution in [0.25, 0.3) is 6.08 Å². The molecule has 112 valence electrons. The summed E-state index contributed by atoms with van der Waals surface area (Å²) in [5.74, 6) is 0. The Balaban J connectivity index is 2.35. The molecule has 5 nitrogen and oxygen atoms in total. The first-order valence-corrected chi connectivity index (χ1v) is 8.09. The van der Waals surface area contributed by atoms with Gasteiger partial charge in [-0.2, -0.15) is 0 Å². The van der Waals surface area contributed by atoms with Gasteiger partial charge in [-0.05, 0) is 23.8 Å². The SMILES string of the molecule is COCCNCCNS(=O)(=O)/C=C/c1ccc(Cl)cc1. The Morgan fingerprint density at radius 1 is 1.20 bits per heavy atom. The summed E-state index contributed by atoms with van der Waals surface area (Å²) in [5, 5.41) is 4.81. The molecular formula is C13H19ClN2O3S. The Kier molecular flexibility index (Phi) is 7.79. The van der Waals surface area contributed by atoms with Gasteiger partial charge in [0.1, 0.15) is 0 Å². The Labute approximate surface area is 125 Å². The van der Waals surface area contributed by atoms with Crippen molar-refractivity contribution < 1.29 is 13.2 Å². The van der Waals surface area contributed by atoms with E-state index in [1.807, 2.05) is 0 Å². The van der Waals surface area contributed by atoms with Gasteiger partial charge in [-0.3, -0.25) is 0 Å². The second-order valence-electron chi connectivity index (χ2n) is 4.04. The van der Waals surface area contributed by atoms with Crippen molar-refractivity contribution in [1.82, 2.24) is 10.0 Å². The predicted molar refractivity (Wildman–Crippen MR) is 82.2 cm³/mol. The number of sulfonamides is 1. The van der Waals surface area contributed by atoms with Crippen LogP contribution in [0.15, 0.2) is 29.7 Å². The quantitative estimate of drug-likeness (QED) is 0.677. The summed E-state index contributed by atoms with van der Waals surface area (Å²) in [6.07, 6.45) is 1.52. The summed E-state index contributed by atoms with van der Waals surface area (Å²) < 4.78 is 30.7. The van der Waals surface area contributed by atoms with E-state index in [0.29, 0.717) is 31.3 Å². The Hall–Kier alpha value is -0.920. The maximum Gasteiger partial charge on any atom is 0.233 e. The summed E-state index contributed by atoms with van der Waals surface area (Å²) >= 11 is 5.75. The van der Waals surface area contributed by atoms with E-state index in [-0.39, 0.29) is 0 Å². The fourth-order valence-electron chi connectivity index (χ4n) is 1.37. The van der Waals surface area contributed by atoms with Crippen LogP contribution >= 0.6 is 11.6 Å². The highest BCUT2D eigenvalue weighted by atomic mass is 35.5. The van der Waals surface area contributed by atoms with E-state index in [1.54, 1.807) is 31.4 Å². The molecule has 0 atom stereocenters. The van der Waals surface area contributed by atoms with Crippen molar-refractivity contribution in [1.29, 1.82) is 0 Å². The summed E-state index contributed by atoms with van der Waals surface area (Å²) in [4.78, 5) is 0. The molecule has 0 aliphatic heterocycles. The lowest BCUT2D eigenvalue weighted by molar-refractivity contribution is 0.199. The topological polar surface area (TPSA) is 67.4 Å². The van der Waals surface area contributed by atoms with Crippen molar-refractivity contribution in [3.63, 3.8) is 0 Å². The van der Waals surface area contributed by atoms with Crippen molar-refractivity contribution >= 4 is 27.7 Å². The van der Waals surface area contributed by atoms with Gasteiger partial charge in [0.25, 0.3) is 0 Å². The smallest absolute Gasteiger partial charge is 0.233 e.